The molecule has 0 aromatic carbocycles. The minimum absolute atomic E-state index is 0.00198. The van der Waals surface area contributed by atoms with Gasteiger partial charge in [-0.25, -0.2) is 9.59 Å². The van der Waals surface area contributed by atoms with Crippen molar-refractivity contribution in [3.05, 3.63) is 21.7 Å². The van der Waals surface area contributed by atoms with E-state index in [4.69, 9.17) is 11.6 Å². The number of aromatic nitrogens is 2. The van der Waals surface area contributed by atoms with Crippen molar-refractivity contribution in [1.82, 2.24) is 9.55 Å². The molecule has 1 atom stereocenters. The van der Waals surface area contributed by atoms with E-state index in [1.807, 2.05) is 20.8 Å². The monoisotopic (exact) mass is 299 g/mol. The summed E-state index contributed by atoms with van der Waals surface area (Å²) in [7, 11) is 0. The Morgan fingerprint density at radius 3 is 2.45 bits per heavy atom. The van der Waals surface area contributed by atoms with Crippen LogP contribution in [0.2, 0.25) is 5.15 Å². The standard InChI is InChI=1S/C13H18ClN3O3/c1-12(2,3)9-13(4,5)17(11(19)20)8-6-7(14)15-10(18)16(8)9/h6,9H,1-5H3,(H,19,20). The largest absolute Gasteiger partial charge is 0.465 e. The maximum Gasteiger partial charge on any atom is 0.413 e. The normalized spacial score (nSPS) is 20.9. The van der Waals surface area contributed by atoms with Crippen molar-refractivity contribution in [1.29, 1.82) is 0 Å². The van der Waals surface area contributed by atoms with Crippen molar-refractivity contribution in [2.45, 2.75) is 46.2 Å². The summed E-state index contributed by atoms with van der Waals surface area (Å²) in [5.41, 5.74) is -1.62. The van der Waals surface area contributed by atoms with E-state index in [1.54, 1.807) is 13.8 Å². The Morgan fingerprint density at radius 1 is 1.45 bits per heavy atom. The van der Waals surface area contributed by atoms with Gasteiger partial charge < -0.3 is 5.11 Å². The lowest BCUT2D eigenvalue weighted by Gasteiger charge is -2.40. The van der Waals surface area contributed by atoms with Gasteiger partial charge in [0.15, 0.2) is 0 Å². The van der Waals surface area contributed by atoms with Gasteiger partial charge in [0.25, 0.3) is 0 Å². The number of carbonyl (C=O) groups is 1. The molecule has 0 radical (unpaired) electrons. The van der Waals surface area contributed by atoms with Gasteiger partial charge in [-0.05, 0) is 19.3 Å². The molecule has 2 heterocycles. The third kappa shape index (κ3) is 1.98. The number of anilines is 1. The van der Waals surface area contributed by atoms with Crippen LogP contribution in [0.15, 0.2) is 10.9 Å². The molecule has 0 fully saturated rings. The summed E-state index contributed by atoms with van der Waals surface area (Å²) < 4.78 is 1.43. The summed E-state index contributed by atoms with van der Waals surface area (Å²) >= 11 is 5.81. The van der Waals surface area contributed by atoms with E-state index >= 15 is 0 Å². The number of amides is 1. The van der Waals surface area contributed by atoms with Gasteiger partial charge in [0, 0.05) is 6.07 Å². The summed E-state index contributed by atoms with van der Waals surface area (Å²) in [6, 6.07) is 1.09. The van der Waals surface area contributed by atoms with Crippen molar-refractivity contribution < 1.29 is 9.90 Å². The lowest BCUT2D eigenvalue weighted by Crippen LogP contribution is -2.50. The van der Waals surface area contributed by atoms with E-state index in [2.05, 4.69) is 4.98 Å². The molecule has 0 saturated carbocycles. The number of hydrogen-bond donors (Lipinski definition) is 1. The van der Waals surface area contributed by atoms with Crippen LogP contribution in [0.4, 0.5) is 10.6 Å². The van der Waals surface area contributed by atoms with Gasteiger partial charge in [-0.3, -0.25) is 9.47 Å². The van der Waals surface area contributed by atoms with Crippen molar-refractivity contribution in [2.75, 3.05) is 4.90 Å². The molecule has 0 spiro atoms. The Balaban J connectivity index is 2.84. The number of halogens is 1. The molecule has 1 aromatic heterocycles. The van der Waals surface area contributed by atoms with Gasteiger partial charge in [-0.1, -0.05) is 32.4 Å². The predicted octanol–water partition coefficient (Wildman–Crippen LogP) is 2.76. The van der Waals surface area contributed by atoms with Crippen LogP contribution in [0, 0.1) is 5.41 Å². The average molecular weight is 300 g/mol. The lowest BCUT2D eigenvalue weighted by molar-refractivity contribution is 0.160. The van der Waals surface area contributed by atoms with Gasteiger partial charge in [0.1, 0.15) is 11.0 Å². The van der Waals surface area contributed by atoms with Crippen LogP contribution in [0.1, 0.15) is 40.7 Å². The molecule has 0 bridgehead atoms. The van der Waals surface area contributed by atoms with E-state index in [1.165, 1.54) is 15.5 Å². The van der Waals surface area contributed by atoms with Crippen LogP contribution in [-0.2, 0) is 0 Å². The van der Waals surface area contributed by atoms with Crippen molar-refractivity contribution in [3.8, 4) is 0 Å². The van der Waals surface area contributed by atoms with E-state index in [0.717, 1.165) is 0 Å². The van der Waals surface area contributed by atoms with Gasteiger partial charge in [-0.15, -0.1) is 0 Å². The first-order chi connectivity index (χ1) is 8.98. The Morgan fingerprint density at radius 2 is 2.00 bits per heavy atom. The van der Waals surface area contributed by atoms with Crippen LogP contribution in [0.5, 0.6) is 0 Å². The molecule has 1 amide bonds. The fourth-order valence-electron chi connectivity index (χ4n) is 3.39. The second kappa shape index (κ2) is 4.22. The maximum atomic E-state index is 12.2. The van der Waals surface area contributed by atoms with Crippen molar-refractivity contribution >= 4 is 23.5 Å². The lowest BCUT2D eigenvalue weighted by atomic mass is 9.76. The molecule has 1 aromatic rings. The fourth-order valence-corrected chi connectivity index (χ4v) is 3.56. The minimum atomic E-state index is -1.11. The number of carboxylic acid groups (broad SMARTS) is 1. The van der Waals surface area contributed by atoms with E-state index in [0.29, 0.717) is 0 Å². The number of fused-ring (bicyclic) bond motifs is 1. The van der Waals surface area contributed by atoms with Gasteiger partial charge >= 0.3 is 11.8 Å². The van der Waals surface area contributed by atoms with Crippen LogP contribution in [0.3, 0.4) is 0 Å². The van der Waals surface area contributed by atoms with Crippen LogP contribution < -0.4 is 10.6 Å². The molecule has 1 aliphatic rings. The molecule has 1 unspecified atom stereocenters. The summed E-state index contributed by atoms with van der Waals surface area (Å²) in [4.78, 5) is 28.7. The number of rotatable bonds is 0. The molecule has 20 heavy (non-hydrogen) atoms. The zero-order chi connectivity index (χ0) is 15.5. The van der Waals surface area contributed by atoms with Crippen LogP contribution in [0.25, 0.3) is 0 Å². The zero-order valence-corrected chi connectivity index (χ0v) is 12.9. The van der Waals surface area contributed by atoms with Crippen molar-refractivity contribution in [2.24, 2.45) is 5.41 Å². The molecule has 1 aliphatic heterocycles. The summed E-state index contributed by atoms with van der Waals surface area (Å²) in [5.74, 6) is 0.271. The molecule has 110 valence electrons. The third-order valence-electron chi connectivity index (χ3n) is 3.65. The van der Waals surface area contributed by atoms with Crippen LogP contribution >= 0.6 is 11.6 Å². The highest BCUT2D eigenvalue weighted by atomic mass is 35.5. The first-order valence-corrected chi connectivity index (χ1v) is 6.68. The third-order valence-corrected chi connectivity index (χ3v) is 3.84. The molecule has 7 heteroatoms. The highest BCUT2D eigenvalue weighted by Gasteiger charge is 2.53. The molecule has 6 nitrogen and oxygen atoms in total. The first-order valence-electron chi connectivity index (χ1n) is 6.30. The van der Waals surface area contributed by atoms with E-state index in [-0.39, 0.29) is 22.4 Å². The molecule has 0 saturated heterocycles. The molecular formula is C13H18ClN3O3. The quantitative estimate of drug-likeness (QED) is 0.747. The molecule has 1 N–H and O–H groups in total. The highest BCUT2D eigenvalue weighted by molar-refractivity contribution is 6.29. The minimum Gasteiger partial charge on any atom is -0.465 e. The Hall–Kier alpha value is -1.56. The highest BCUT2D eigenvalue weighted by Crippen LogP contribution is 2.49. The second-order valence-electron chi connectivity index (χ2n) is 6.63. The molecule has 0 aliphatic carbocycles. The average Bonchev–Trinajstić information content (AvgIpc) is 2.43. The Kier molecular flexibility index (Phi) is 3.13. The topological polar surface area (TPSA) is 75.4 Å². The maximum absolute atomic E-state index is 12.2. The molecule has 2 rings (SSSR count). The Bertz CT molecular complexity index is 631. The summed E-state index contributed by atoms with van der Waals surface area (Å²) in [6.45, 7) is 9.51. The smallest absolute Gasteiger partial charge is 0.413 e. The van der Waals surface area contributed by atoms with E-state index < -0.39 is 17.3 Å². The first kappa shape index (κ1) is 14.8. The predicted molar refractivity (Wildman–Crippen MR) is 76.6 cm³/mol. The van der Waals surface area contributed by atoms with E-state index in [9.17, 15) is 14.7 Å². The molecular weight excluding hydrogens is 282 g/mol. The number of nitrogens with zero attached hydrogens (tertiary/aromatic N) is 3. The van der Waals surface area contributed by atoms with Crippen LogP contribution in [-0.4, -0.2) is 26.3 Å². The number of hydrogen-bond acceptors (Lipinski definition) is 3. The summed E-state index contributed by atoms with van der Waals surface area (Å²) in [6.07, 6.45) is -1.11. The Labute approximate surface area is 122 Å². The van der Waals surface area contributed by atoms with Gasteiger partial charge in [-0.2, -0.15) is 4.98 Å². The van der Waals surface area contributed by atoms with Crippen molar-refractivity contribution in [3.63, 3.8) is 0 Å². The zero-order valence-electron chi connectivity index (χ0n) is 12.1. The van der Waals surface area contributed by atoms with Gasteiger partial charge in [0.2, 0.25) is 0 Å². The van der Waals surface area contributed by atoms with Gasteiger partial charge in [0.05, 0.1) is 11.6 Å². The SMILES string of the molecule is CC(C)(C)C1n2c(cc(Cl)nc2=O)N(C(=O)O)C1(C)C. The summed E-state index contributed by atoms with van der Waals surface area (Å²) in [5, 5.41) is 9.51. The fraction of sp³-hybridized carbons (Fsp3) is 0.615. The second-order valence-corrected chi connectivity index (χ2v) is 7.02.